The standard InChI is InChI=1S/C41H64O10/c1-12-24(6)34(45)37(47)51-31-19-30(38(7,8)48)39(9,16-15-32(42)43)35-28(50-36(46)33(44)23(4)5)20-40(10)27(13-14-29(40)41(31,35)11)25-18-26(49-21-25)17-22(2)3/h12,14,17,23,25-28,30-31,33-35,44-45,48H,13,15-16,18-21H2,1-11H3,(H,42,43)/b24-12+/t25-,26-,27+,28-,30?,31-,33-,34-,35-,39+,40+,41-/m1/s1. The largest absolute Gasteiger partial charge is 0.481 e. The van der Waals surface area contributed by atoms with Gasteiger partial charge >= 0.3 is 17.9 Å². The van der Waals surface area contributed by atoms with E-state index < -0.39 is 81.9 Å². The van der Waals surface area contributed by atoms with E-state index in [4.69, 9.17) is 14.2 Å². The lowest BCUT2D eigenvalue weighted by atomic mass is 9.39. The first kappa shape index (κ1) is 41.2. The van der Waals surface area contributed by atoms with Gasteiger partial charge in [0.15, 0.2) is 12.2 Å². The molecule has 0 spiro atoms. The predicted octanol–water partition coefficient (Wildman–Crippen LogP) is 6.17. The van der Waals surface area contributed by atoms with E-state index >= 15 is 0 Å². The number of carbonyl (C=O) groups is 3. The number of esters is 2. The van der Waals surface area contributed by atoms with Gasteiger partial charge in [-0.3, -0.25) is 4.79 Å². The number of aliphatic hydroxyl groups is 3. The topological polar surface area (TPSA) is 160 Å². The maximum absolute atomic E-state index is 13.7. The van der Waals surface area contributed by atoms with Crippen LogP contribution in [-0.4, -0.2) is 81.1 Å². The Hall–Kier alpha value is -2.53. The van der Waals surface area contributed by atoms with Gasteiger partial charge in [-0.2, -0.15) is 0 Å². The molecule has 0 radical (unpaired) electrons. The van der Waals surface area contributed by atoms with Crippen molar-refractivity contribution in [3.63, 3.8) is 0 Å². The van der Waals surface area contributed by atoms with E-state index in [1.807, 2.05) is 13.8 Å². The van der Waals surface area contributed by atoms with Crippen LogP contribution in [0.2, 0.25) is 0 Å². The molecular formula is C41H64O10. The number of rotatable bonds is 12. The molecule has 0 aromatic rings. The molecular weight excluding hydrogens is 652 g/mol. The molecule has 1 heterocycles. The number of carboxylic acid groups (broad SMARTS) is 1. The van der Waals surface area contributed by atoms with Crippen LogP contribution >= 0.6 is 0 Å². The molecule has 4 N–H and O–H groups in total. The van der Waals surface area contributed by atoms with Gasteiger partial charge in [-0.05, 0) is 114 Å². The smallest absolute Gasteiger partial charge is 0.339 e. The molecule has 2 saturated carbocycles. The Morgan fingerprint density at radius 2 is 1.71 bits per heavy atom. The first-order valence-electron chi connectivity index (χ1n) is 18.8. The molecule has 288 valence electrons. The second-order valence-corrected chi connectivity index (χ2v) is 17.8. The van der Waals surface area contributed by atoms with Crippen molar-refractivity contribution in [1.82, 2.24) is 0 Å². The molecule has 0 aromatic heterocycles. The first-order valence-corrected chi connectivity index (χ1v) is 18.8. The van der Waals surface area contributed by atoms with Gasteiger partial charge in [-0.1, -0.05) is 64.0 Å². The summed E-state index contributed by atoms with van der Waals surface area (Å²) in [5.74, 6) is -3.84. The lowest BCUT2D eigenvalue weighted by Gasteiger charge is -2.67. The first-order chi connectivity index (χ1) is 23.5. The summed E-state index contributed by atoms with van der Waals surface area (Å²) < 4.78 is 19.1. The minimum atomic E-state index is -1.49. The van der Waals surface area contributed by atoms with Gasteiger partial charge in [0.25, 0.3) is 0 Å². The average Bonchev–Trinajstić information content (AvgIpc) is 3.62. The van der Waals surface area contributed by atoms with Crippen molar-refractivity contribution in [1.29, 1.82) is 0 Å². The minimum Gasteiger partial charge on any atom is -0.481 e. The Morgan fingerprint density at radius 1 is 1.06 bits per heavy atom. The zero-order chi connectivity index (χ0) is 38.4. The van der Waals surface area contributed by atoms with Gasteiger partial charge in [-0.25, -0.2) is 9.59 Å². The van der Waals surface area contributed by atoms with Gasteiger partial charge in [-0.15, -0.1) is 0 Å². The molecule has 4 aliphatic rings. The third-order valence-corrected chi connectivity index (χ3v) is 13.2. The average molecular weight is 717 g/mol. The normalized spacial score (nSPS) is 37.9. The summed E-state index contributed by atoms with van der Waals surface area (Å²) in [4.78, 5) is 39.7. The second-order valence-electron chi connectivity index (χ2n) is 17.8. The number of carboxylic acids is 1. The molecule has 51 heavy (non-hydrogen) atoms. The summed E-state index contributed by atoms with van der Waals surface area (Å²) in [5, 5.41) is 43.7. The Morgan fingerprint density at radius 3 is 2.25 bits per heavy atom. The molecule has 12 atom stereocenters. The molecule has 1 unspecified atom stereocenters. The Bertz CT molecular complexity index is 1420. The van der Waals surface area contributed by atoms with E-state index in [1.54, 1.807) is 47.6 Å². The monoisotopic (exact) mass is 716 g/mol. The number of hydrogen-bond acceptors (Lipinski definition) is 9. The molecule has 10 heteroatoms. The van der Waals surface area contributed by atoms with E-state index in [9.17, 15) is 34.8 Å². The molecule has 1 saturated heterocycles. The van der Waals surface area contributed by atoms with Crippen LogP contribution in [-0.2, 0) is 28.6 Å². The van der Waals surface area contributed by atoms with Crippen LogP contribution in [0.1, 0.15) is 115 Å². The highest BCUT2D eigenvalue weighted by molar-refractivity contribution is 5.78. The molecule has 0 amide bonds. The quantitative estimate of drug-likeness (QED) is 0.136. The van der Waals surface area contributed by atoms with Gasteiger partial charge < -0.3 is 34.6 Å². The number of aliphatic hydroxyl groups excluding tert-OH is 2. The van der Waals surface area contributed by atoms with Crippen molar-refractivity contribution in [2.45, 2.75) is 151 Å². The van der Waals surface area contributed by atoms with Crippen molar-refractivity contribution in [2.75, 3.05) is 6.61 Å². The molecule has 3 aliphatic carbocycles. The Kier molecular flexibility index (Phi) is 12.2. The van der Waals surface area contributed by atoms with E-state index in [-0.39, 0.29) is 37.2 Å². The zero-order valence-electron chi connectivity index (χ0n) is 32.7. The molecule has 10 nitrogen and oxygen atoms in total. The Balaban J connectivity index is 1.95. The summed E-state index contributed by atoms with van der Waals surface area (Å²) in [5.41, 5.74) is -1.11. The fourth-order valence-electron chi connectivity index (χ4n) is 10.8. The van der Waals surface area contributed by atoms with E-state index in [0.29, 0.717) is 18.6 Å². The maximum atomic E-state index is 13.7. The third-order valence-electron chi connectivity index (χ3n) is 13.2. The number of allylic oxidation sites excluding steroid dienone is 3. The van der Waals surface area contributed by atoms with Gasteiger partial charge in [0, 0.05) is 17.8 Å². The van der Waals surface area contributed by atoms with Crippen molar-refractivity contribution in [3.05, 3.63) is 34.9 Å². The van der Waals surface area contributed by atoms with Crippen LogP contribution < -0.4 is 0 Å². The Labute approximate surface area is 304 Å². The van der Waals surface area contributed by atoms with Gasteiger partial charge in [0.05, 0.1) is 18.3 Å². The summed E-state index contributed by atoms with van der Waals surface area (Å²) in [6, 6.07) is 0. The SMILES string of the molecule is C/C=C(\C)[C@@H](O)C(=O)O[C@@H]1CC(C(C)(C)O)[C@](C)(CCC(=O)O)[C@H]2[C@H](OC(=O)[C@H](O)C(C)C)C[C@]3(C)C(=CC[C@H]3[C@H]3CO[C@H](C=C(C)C)C3)[C@]12C. The summed E-state index contributed by atoms with van der Waals surface area (Å²) in [6.45, 7) is 21.1. The highest BCUT2D eigenvalue weighted by atomic mass is 16.6. The van der Waals surface area contributed by atoms with Crippen molar-refractivity contribution in [3.8, 4) is 0 Å². The lowest BCUT2D eigenvalue weighted by Crippen LogP contribution is -2.68. The van der Waals surface area contributed by atoms with Crippen molar-refractivity contribution in [2.24, 2.45) is 45.8 Å². The van der Waals surface area contributed by atoms with E-state index in [2.05, 4.69) is 32.9 Å². The lowest BCUT2D eigenvalue weighted by molar-refractivity contribution is -0.241. The van der Waals surface area contributed by atoms with Gasteiger partial charge in [0.2, 0.25) is 0 Å². The van der Waals surface area contributed by atoms with Crippen LogP contribution in [0.5, 0.6) is 0 Å². The van der Waals surface area contributed by atoms with Crippen LogP contribution in [0.15, 0.2) is 34.9 Å². The fourth-order valence-corrected chi connectivity index (χ4v) is 10.8. The molecule has 0 bridgehead atoms. The summed E-state index contributed by atoms with van der Waals surface area (Å²) >= 11 is 0. The summed E-state index contributed by atoms with van der Waals surface area (Å²) in [7, 11) is 0. The highest BCUT2D eigenvalue weighted by Gasteiger charge is 2.71. The van der Waals surface area contributed by atoms with Gasteiger partial charge in [0.1, 0.15) is 12.2 Å². The maximum Gasteiger partial charge on any atom is 0.339 e. The fraction of sp³-hybridized carbons (Fsp3) is 0.780. The van der Waals surface area contributed by atoms with E-state index in [1.165, 1.54) is 5.57 Å². The molecule has 1 aliphatic heterocycles. The zero-order valence-corrected chi connectivity index (χ0v) is 32.7. The summed E-state index contributed by atoms with van der Waals surface area (Å²) in [6.07, 6.45) is 3.70. The van der Waals surface area contributed by atoms with E-state index in [0.717, 1.165) is 18.4 Å². The molecule has 0 aromatic carbocycles. The molecule has 4 rings (SSSR count). The predicted molar refractivity (Wildman–Crippen MR) is 193 cm³/mol. The van der Waals surface area contributed by atoms with Crippen LogP contribution in [0, 0.1) is 45.8 Å². The van der Waals surface area contributed by atoms with Crippen LogP contribution in [0.25, 0.3) is 0 Å². The van der Waals surface area contributed by atoms with Crippen LogP contribution in [0.4, 0.5) is 0 Å². The second kappa shape index (κ2) is 15.1. The van der Waals surface area contributed by atoms with Crippen molar-refractivity contribution >= 4 is 17.9 Å². The third kappa shape index (κ3) is 7.76. The number of carbonyl (C=O) groups excluding carboxylic acids is 2. The highest BCUT2D eigenvalue weighted by Crippen LogP contribution is 2.72. The number of hydrogen-bond donors (Lipinski definition) is 4. The molecule has 3 fully saturated rings. The number of fused-ring (bicyclic) bond motifs is 3. The number of aliphatic carboxylic acids is 1. The van der Waals surface area contributed by atoms with Crippen LogP contribution in [0.3, 0.4) is 0 Å². The minimum absolute atomic E-state index is 0.000903. The van der Waals surface area contributed by atoms with Crippen molar-refractivity contribution < 1.29 is 49.0 Å². The number of ether oxygens (including phenoxy) is 3.